The van der Waals surface area contributed by atoms with Crippen LogP contribution in [-0.2, 0) is 0 Å². The van der Waals surface area contributed by atoms with Crippen molar-refractivity contribution in [2.45, 2.75) is 56.9 Å². The van der Waals surface area contributed by atoms with Crippen molar-refractivity contribution in [3.8, 4) is 0 Å². The Kier molecular flexibility index (Phi) is 5.00. The van der Waals surface area contributed by atoms with E-state index in [1.54, 1.807) is 0 Å². The minimum atomic E-state index is 0.222. The van der Waals surface area contributed by atoms with Crippen molar-refractivity contribution in [1.82, 2.24) is 25.5 Å². The first kappa shape index (κ1) is 13.8. The summed E-state index contributed by atoms with van der Waals surface area (Å²) in [6.07, 6.45) is 7.21. The Morgan fingerprint density at radius 3 is 3.06 bits per heavy atom. The lowest BCUT2D eigenvalue weighted by Crippen LogP contribution is -2.27. The molecule has 18 heavy (non-hydrogen) atoms. The first-order valence-corrected chi connectivity index (χ1v) is 8.09. The quantitative estimate of drug-likeness (QED) is 0.888. The molecule has 1 aromatic rings. The van der Waals surface area contributed by atoms with E-state index in [2.05, 4.69) is 45.6 Å². The summed E-state index contributed by atoms with van der Waals surface area (Å²) in [5.74, 6) is 0.976. The number of rotatable bonds is 5. The molecular formula is C12H23N5S. The number of hydrogen-bond acceptors (Lipinski definition) is 5. The molecule has 0 spiro atoms. The zero-order valence-corrected chi connectivity index (χ0v) is 12.3. The largest absolute Gasteiger partial charge is 0.308 e. The van der Waals surface area contributed by atoms with Gasteiger partial charge in [-0.2, -0.15) is 11.8 Å². The molecule has 1 aromatic heterocycles. The van der Waals surface area contributed by atoms with Gasteiger partial charge >= 0.3 is 0 Å². The Morgan fingerprint density at radius 1 is 1.50 bits per heavy atom. The van der Waals surface area contributed by atoms with E-state index >= 15 is 0 Å². The molecule has 1 fully saturated rings. The van der Waals surface area contributed by atoms with Crippen LogP contribution in [0, 0.1) is 0 Å². The molecular weight excluding hydrogens is 246 g/mol. The molecule has 0 aromatic carbocycles. The highest BCUT2D eigenvalue weighted by atomic mass is 32.2. The third kappa shape index (κ3) is 3.03. The molecule has 0 radical (unpaired) electrons. The molecule has 0 bridgehead atoms. The Hall–Kier alpha value is -0.620. The fourth-order valence-corrected chi connectivity index (χ4v) is 3.52. The predicted molar refractivity (Wildman–Crippen MR) is 74.7 cm³/mol. The highest BCUT2D eigenvalue weighted by molar-refractivity contribution is 7.99. The summed E-state index contributed by atoms with van der Waals surface area (Å²) in [6.45, 7) is 5.17. The van der Waals surface area contributed by atoms with E-state index in [1.165, 1.54) is 25.7 Å². The summed E-state index contributed by atoms with van der Waals surface area (Å²) in [4.78, 5) is 0. The molecule has 0 aliphatic heterocycles. The smallest absolute Gasteiger partial charge is 0.168 e. The van der Waals surface area contributed by atoms with Crippen LogP contribution in [0.1, 0.15) is 57.4 Å². The first-order valence-electron chi connectivity index (χ1n) is 6.80. The minimum absolute atomic E-state index is 0.222. The molecule has 3 atom stereocenters. The summed E-state index contributed by atoms with van der Waals surface area (Å²) in [6, 6.07) is 0.696. The molecule has 1 saturated carbocycles. The Bertz CT molecular complexity index is 367. The molecule has 102 valence electrons. The van der Waals surface area contributed by atoms with E-state index in [4.69, 9.17) is 0 Å². The van der Waals surface area contributed by atoms with Crippen LogP contribution in [0.5, 0.6) is 0 Å². The molecule has 0 amide bonds. The lowest BCUT2D eigenvalue weighted by molar-refractivity contribution is 0.315. The molecule has 0 saturated heterocycles. The van der Waals surface area contributed by atoms with Gasteiger partial charge in [-0.1, -0.05) is 13.3 Å². The number of thioether (sulfide) groups is 1. The van der Waals surface area contributed by atoms with Crippen LogP contribution in [0.2, 0.25) is 0 Å². The number of aromatic nitrogens is 4. The molecule has 3 unspecified atom stereocenters. The molecule has 1 N–H and O–H groups in total. The van der Waals surface area contributed by atoms with Crippen LogP contribution in [-0.4, -0.2) is 38.3 Å². The second-order valence-corrected chi connectivity index (χ2v) is 6.08. The van der Waals surface area contributed by atoms with Crippen LogP contribution in [0.15, 0.2) is 0 Å². The predicted octanol–water partition coefficient (Wildman–Crippen LogP) is 2.19. The average molecular weight is 269 g/mol. The molecule has 1 aliphatic rings. The first-order chi connectivity index (χ1) is 8.76. The topological polar surface area (TPSA) is 55.6 Å². The van der Waals surface area contributed by atoms with E-state index in [-0.39, 0.29) is 6.04 Å². The van der Waals surface area contributed by atoms with Crippen LogP contribution in [0.25, 0.3) is 0 Å². The minimum Gasteiger partial charge on any atom is -0.308 e. The molecule has 5 nitrogen and oxygen atoms in total. The monoisotopic (exact) mass is 269 g/mol. The second-order valence-electron chi connectivity index (χ2n) is 4.94. The lowest BCUT2D eigenvalue weighted by atomic mass is 9.95. The van der Waals surface area contributed by atoms with Crippen molar-refractivity contribution >= 4 is 11.8 Å². The number of nitrogens with one attached hydrogen (secondary N) is 1. The number of hydrogen-bond donors (Lipinski definition) is 1. The van der Waals surface area contributed by atoms with Crippen molar-refractivity contribution in [2.75, 3.05) is 12.8 Å². The van der Waals surface area contributed by atoms with Gasteiger partial charge in [0.1, 0.15) is 0 Å². The normalized spacial score (nSPS) is 26.2. The van der Waals surface area contributed by atoms with Crippen LogP contribution in [0.4, 0.5) is 0 Å². The highest BCUT2D eigenvalue weighted by Crippen LogP contribution is 2.34. The van der Waals surface area contributed by atoms with Gasteiger partial charge in [-0.3, -0.25) is 0 Å². The highest BCUT2D eigenvalue weighted by Gasteiger charge is 2.26. The Labute approximate surface area is 113 Å². The standard InChI is InChI=1S/C12H23N5S/c1-4-13-9(2)12-14-15-16-17(12)10-6-5-7-11(8-10)18-3/h9-11,13H,4-8H2,1-3H3. The lowest BCUT2D eigenvalue weighted by Gasteiger charge is -2.29. The van der Waals surface area contributed by atoms with Gasteiger partial charge in [-0.05, 0) is 49.4 Å². The van der Waals surface area contributed by atoms with Gasteiger partial charge in [0.25, 0.3) is 0 Å². The summed E-state index contributed by atoms with van der Waals surface area (Å²) >= 11 is 1.97. The SMILES string of the molecule is CCNC(C)c1nnnn1C1CCCC(SC)C1. The van der Waals surface area contributed by atoms with Gasteiger partial charge < -0.3 is 5.32 Å². The maximum absolute atomic E-state index is 4.22. The molecule has 1 aliphatic carbocycles. The molecule has 2 rings (SSSR count). The summed E-state index contributed by atoms with van der Waals surface area (Å²) in [5.41, 5.74) is 0. The van der Waals surface area contributed by atoms with Crippen molar-refractivity contribution in [2.24, 2.45) is 0 Å². The van der Waals surface area contributed by atoms with E-state index < -0.39 is 0 Å². The third-order valence-corrected chi connectivity index (χ3v) is 4.79. The zero-order valence-electron chi connectivity index (χ0n) is 11.5. The van der Waals surface area contributed by atoms with Crippen molar-refractivity contribution in [1.29, 1.82) is 0 Å². The zero-order chi connectivity index (χ0) is 13.0. The maximum atomic E-state index is 4.22. The second kappa shape index (κ2) is 6.52. The number of tetrazole rings is 1. The summed E-state index contributed by atoms with van der Waals surface area (Å²) in [5, 5.41) is 16.4. The summed E-state index contributed by atoms with van der Waals surface area (Å²) in [7, 11) is 0. The fraction of sp³-hybridized carbons (Fsp3) is 0.917. The van der Waals surface area contributed by atoms with Gasteiger partial charge in [-0.25, -0.2) is 4.68 Å². The van der Waals surface area contributed by atoms with Crippen molar-refractivity contribution < 1.29 is 0 Å². The fourth-order valence-electron chi connectivity index (χ4n) is 2.70. The summed E-state index contributed by atoms with van der Waals surface area (Å²) < 4.78 is 2.05. The van der Waals surface area contributed by atoms with Crippen LogP contribution in [0.3, 0.4) is 0 Å². The van der Waals surface area contributed by atoms with Crippen LogP contribution >= 0.6 is 11.8 Å². The average Bonchev–Trinajstić information content (AvgIpc) is 2.88. The molecule has 6 heteroatoms. The van der Waals surface area contributed by atoms with Crippen molar-refractivity contribution in [3.05, 3.63) is 5.82 Å². The van der Waals surface area contributed by atoms with E-state index in [0.717, 1.165) is 17.6 Å². The number of nitrogens with zero attached hydrogens (tertiary/aromatic N) is 4. The maximum Gasteiger partial charge on any atom is 0.168 e. The Morgan fingerprint density at radius 2 is 2.33 bits per heavy atom. The van der Waals surface area contributed by atoms with Crippen LogP contribution < -0.4 is 5.32 Å². The van der Waals surface area contributed by atoms with E-state index in [1.807, 2.05) is 11.8 Å². The van der Waals surface area contributed by atoms with Gasteiger partial charge in [0.15, 0.2) is 5.82 Å². The van der Waals surface area contributed by atoms with Gasteiger partial charge in [0, 0.05) is 5.25 Å². The van der Waals surface area contributed by atoms with E-state index in [0.29, 0.717) is 6.04 Å². The third-order valence-electron chi connectivity index (χ3n) is 3.69. The van der Waals surface area contributed by atoms with E-state index in [9.17, 15) is 0 Å². The van der Waals surface area contributed by atoms with Gasteiger partial charge in [0.2, 0.25) is 0 Å². The molecule has 1 heterocycles. The van der Waals surface area contributed by atoms with Gasteiger partial charge in [-0.15, -0.1) is 5.10 Å². The van der Waals surface area contributed by atoms with Gasteiger partial charge in [0.05, 0.1) is 12.1 Å². The van der Waals surface area contributed by atoms with Crippen molar-refractivity contribution in [3.63, 3.8) is 0 Å². The Balaban J connectivity index is 2.10.